The highest BCUT2D eigenvalue weighted by Gasteiger charge is 2.92. The highest BCUT2D eigenvalue weighted by Crippen LogP contribution is 2.62. The van der Waals surface area contributed by atoms with Crippen LogP contribution in [0.2, 0.25) is 0 Å². The summed E-state index contributed by atoms with van der Waals surface area (Å²) in [5.74, 6) is -34.5. The van der Waals surface area contributed by atoms with Crippen molar-refractivity contribution in [2.75, 3.05) is 0 Å². The molecule has 0 fully saturated rings. The topological polar surface area (TPSA) is 3.24 Å². The lowest BCUT2D eigenvalue weighted by atomic mass is 10.0. The molecule has 0 aliphatic carbocycles. The Labute approximate surface area is 153 Å². The van der Waals surface area contributed by atoms with Gasteiger partial charge in [-0.15, -0.1) is 0 Å². The van der Waals surface area contributed by atoms with Crippen LogP contribution in [-0.2, 0) is 0 Å². The normalized spacial score (nSPS) is 16.8. The molecular weight excluding hydrogens is 521 g/mol. The van der Waals surface area contributed by atoms with Gasteiger partial charge in [0.15, 0.2) is 0 Å². The summed E-state index contributed by atoms with van der Waals surface area (Å²) in [6.45, 7) is 0. The number of hydrogen-bond acceptors (Lipinski definition) is 1. The van der Waals surface area contributed by atoms with Gasteiger partial charge < -0.3 is 0 Å². The van der Waals surface area contributed by atoms with Crippen LogP contribution in [0.5, 0.6) is 0 Å². The third-order valence-corrected chi connectivity index (χ3v) is 3.07. The molecule has 0 saturated carbocycles. The van der Waals surface area contributed by atoms with Gasteiger partial charge in [0.2, 0.25) is 0 Å². The van der Waals surface area contributed by atoms with Crippen molar-refractivity contribution in [3.63, 3.8) is 0 Å². The molecule has 0 aromatic carbocycles. The lowest BCUT2D eigenvalue weighted by Gasteiger charge is -2.45. The third-order valence-electron chi connectivity index (χ3n) is 3.07. The van der Waals surface area contributed by atoms with Gasteiger partial charge in [0, 0.05) is 0 Å². The molecule has 0 atom stereocenters. The van der Waals surface area contributed by atoms with Crippen LogP contribution in [-0.4, -0.2) is 59.3 Å². The van der Waals surface area contributed by atoms with Crippen LogP contribution in [0.25, 0.3) is 0 Å². The van der Waals surface area contributed by atoms with Crippen LogP contribution >= 0.6 is 0 Å². The predicted molar refractivity (Wildman–Crippen MR) is 49.7 cm³/mol. The second-order valence-corrected chi connectivity index (χ2v) is 5.18. The Balaban J connectivity index is 7.16. The molecule has 0 aromatic rings. The van der Waals surface area contributed by atoms with Gasteiger partial charge >= 0.3 is 54.4 Å². The standard InChI is InChI=1S/C9F21N/c10-1(11,5(18,19)20)3(14,15)7(24,25)31(9(28,29)30)8(26,27)4(16,17)2(12,13)6(21,22)23. The van der Waals surface area contributed by atoms with Crippen molar-refractivity contribution >= 4 is 0 Å². The average Bonchev–Trinajstić information content (AvgIpc) is 2.41. The Morgan fingerprint density at radius 1 is 0.290 bits per heavy atom. The molecule has 0 heterocycles. The molecule has 22 heteroatoms. The van der Waals surface area contributed by atoms with Gasteiger partial charge in [-0.1, -0.05) is 4.90 Å². The van der Waals surface area contributed by atoms with Crippen molar-refractivity contribution in [1.29, 1.82) is 0 Å². The Bertz CT molecular complexity index is 595. The van der Waals surface area contributed by atoms with Crippen LogP contribution in [0.3, 0.4) is 0 Å². The smallest absolute Gasteiger partial charge is 0.191 e. The molecule has 31 heavy (non-hydrogen) atoms. The molecule has 0 radical (unpaired) electrons. The van der Waals surface area contributed by atoms with Gasteiger partial charge in [0.05, 0.1) is 0 Å². The highest BCUT2D eigenvalue weighted by atomic mass is 19.4. The molecular formula is C9F21N. The summed E-state index contributed by atoms with van der Waals surface area (Å²) in [5.41, 5.74) is 0. The predicted octanol–water partition coefficient (Wildman–Crippen LogP) is 6.66. The van der Waals surface area contributed by atoms with Crippen LogP contribution in [0.4, 0.5) is 92.2 Å². The summed E-state index contributed by atoms with van der Waals surface area (Å²) in [7, 11) is 0. The summed E-state index contributed by atoms with van der Waals surface area (Å²) >= 11 is 0. The van der Waals surface area contributed by atoms with Gasteiger partial charge in [0.1, 0.15) is 0 Å². The van der Waals surface area contributed by atoms with Crippen molar-refractivity contribution in [3.8, 4) is 0 Å². The van der Waals surface area contributed by atoms with Crippen LogP contribution in [0.15, 0.2) is 0 Å². The summed E-state index contributed by atoms with van der Waals surface area (Å²) in [5, 5.41) is 0. The summed E-state index contributed by atoms with van der Waals surface area (Å²) in [4.78, 5) is -5.24. The second-order valence-electron chi connectivity index (χ2n) is 5.18. The molecule has 0 aromatic heterocycles. The molecule has 0 aliphatic rings. The van der Waals surface area contributed by atoms with E-state index in [1.54, 1.807) is 0 Å². The number of alkyl halides is 21. The van der Waals surface area contributed by atoms with Crippen molar-refractivity contribution in [3.05, 3.63) is 0 Å². The maximum atomic E-state index is 13.2. The minimum absolute atomic E-state index is 5.24. The molecule has 0 unspecified atom stereocenters. The number of halogens is 21. The lowest BCUT2D eigenvalue weighted by Crippen LogP contribution is -2.77. The van der Waals surface area contributed by atoms with Gasteiger partial charge in [-0.3, -0.25) is 0 Å². The first-order valence-electron chi connectivity index (χ1n) is 6.14. The Morgan fingerprint density at radius 3 is 0.613 bits per heavy atom. The molecule has 0 aliphatic heterocycles. The maximum absolute atomic E-state index is 13.2. The molecule has 188 valence electrons. The fourth-order valence-corrected chi connectivity index (χ4v) is 1.51. The minimum Gasteiger partial charge on any atom is -0.191 e. The Hall–Kier alpha value is -1.51. The summed E-state index contributed by atoms with van der Waals surface area (Å²) < 4.78 is 263. The van der Waals surface area contributed by atoms with E-state index in [0.29, 0.717) is 0 Å². The van der Waals surface area contributed by atoms with Gasteiger partial charge in [-0.2, -0.15) is 92.2 Å². The number of nitrogens with zero attached hydrogens (tertiary/aromatic N) is 1. The average molecular weight is 521 g/mol. The summed E-state index contributed by atoms with van der Waals surface area (Å²) in [6, 6.07) is -17.8. The fourth-order valence-electron chi connectivity index (χ4n) is 1.51. The zero-order chi connectivity index (χ0) is 26.1. The van der Waals surface area contributed by atoms with E-state index < -0.39 is 59.3 Å². The van der Waals surface area contributed by atoms with Crippen molar-refractivity contribution < 1.29 is 92.2 Å². The monoisotopic (exact) mass is 521 g/mol. The van der Waals surface area contributed by atoms with E-state index in [2.05, 4.69) is 0 Å². The molecule has 0 spiro atoms. The Morgan fingerprint density at radius 2 is 0.484 bits per heavy atom. The first kappa shape index (κ1) is 29.5. The van der Waals surface area contributed by atoms with Crippen molar-refractivity contribution in [2.24, 2.45) is 0 Å². The van der Waals surface area contributed by atoms with Gasteiger partial charge in [0.25, 0.3) is 0 Å². The van der Waals surface area contributed by atoms with E-state index in [0.717, 1.165) is 0 Å². The Kier molecular flexibility index (Phi) is 6.65. The zero-order valence-corrected chi connectivity index (χ0v) is 12.9. The largest absolute Gasteiger partial charge is 0.469 e. The van der Waals surface area contributed by atoms with E-state index in [9.17, 15) is 92.2 Å². The van der Waals surface area contributed by atoms with Crippen LogP contribution < -0.4 is 0 Å². The quantitative estimate of drug-likeness (QED) is 0.279. The van der Waals surface area contributed by atoms with E-state index in [-0.39, 0.29) is 0 Å². The minimum atomic E-state index is -8.90. The highest BCUT2D eigenvalue weighted by molar-refractivity contribution is 5.07. The first-order valence-corrected chi connectivity index (χ1v) is 6.14. The lowest BCUT2D eigenvalue weighted by molar-refractivity contribution is -0.515. The van der Waals surface area contributed by atoms with Gasteiger partial charge in [-0.05, 0) is 0 Å². The molecule has 1 nitrogen and oxygen atoms in total. The van der Waals surface area contributed by atoms with E-state index in [4.69, 9.17) is 0 Å². The second kappa shape index (κ2) is 6.99. The van der Waals surface area contributed by atoms with E-state index in [1.165, 1.54) is 0 Å². The number of rotatable bonds is 6. The van der Waals surface area contributed by atoms with Crippen molar-refractivity contribution in [2.45, 2.75) is 54.4 Å². The molecule has 0 saturated heterocycles. The molecule has 0 rings (SSSR count). The molecule has 0 amide bonds. The molecule has 0 bridgehead atoms. The molecule has 0 N–H and O–H groups in total. The van der Waals surface area contributed by atoms with Crippen LogP contribution in [0.1, 0.15) is 0 Å². The number of hydrogen-bond donors (Lipinski definition) is 0. The first-order chi connectivity index (χ1) is 12.9. The summed E-state index contributed by atoms with van der Waals surface area (Å²) in [6.07, 6.45) is -24.3. The van der Waals surface area contributed by atoms with Crippen molar-refractivity contribution in [1.82, 2.24) is 4.90 Å². The zero-order valence-electron chi connectivity index (χ0n) is 12.9. The fraction of sp³-hybridized carbons (Fsp3) is 1.00. The van der Waals surface area contributed by atoms with Gasteiger partial charge in [-0.25, -0.2) is 0 Å². The van der Waals surface area contributed by atoms with E-state index in [1.807, 2.05) is 0 Å². The SMILES string of the molecule is FC(F)(F)N(C(F)(F)C(F)(F)C(F)(F)C(F)(F)F)C(F)(F)C(F)(F)C(F)(F)C(F)(F)F. The third kappa shape index (κ3) is 4.02. The van der Waals surface area contributed by atoms with E-state index >= 15 is 0 Å². The maximum Gasteiger partial charge on any atom is 0.469 e. The van der Waals surface area contributed by atoms with Crippen LogP contribution in [0, 0.1) is 0 Å².